The van der Waals surface area contributed by atoms with Crippen molar-refractivity contribution in [3.63, 3.8) is 0 Å². The summed E-state index contributed by atoms with van der Waals surface area (Å²) in [4.78, 5) is 19.4. The van der Waals surface area contributed by atoms with Gasteiger partial charge in [0, 0.05) is 25.6 Å². The average molecular weight is 218 g/mol. The molecule has 0 amide bonds. The maximum Gasteiger partial charge on any atom is 0.337 e. The molecular formula is C11H10N2O3. The van der Waals surface area contributed by atoms with Crippen LogP contribution in [0.25, 0.3) is 11.0 Å². The fraction of sp³-hybridized carbons (Fsp3) is 0.182. The van der Waals surface area contributed by atoms with Crippen molar-refractivity contribution in [1.29, 1.82) is 0 Å². The number of fused-ring (bicyclic) bond motifs is 1. The lowest BCUT2D eigenvalue weighted by atomic mass is 10.3. The van der Waals surface area contributed by atoms with Gasteiger partial charge in [0.1, 0.15) is 12.4 Å². The second kappa shape index (κ2) is 4.67. The van der Waals surface area contributed by atoms with Gasteiger partial charge < -0.3 is 9.47 Å². The molecule has 82 valence electrons. The molecule has 1 heterocycles. The van der Waals surface area contributed by atoms with E-state index >= 15 is 0 Å². The van der Waals surface area contributed by atoms with E-state index in [2.05, 4.69) is 14.7 Å². The Hall–Kier alpha value is -2.01. The van der Waals surface area contributed by atoms with E-state index in [1.165, 1.54) is 7.11 Å². The predicted molar refractivity (Wildman–Crippen MR) is 57.0 cm³/mol. The highest BCUT2D eigenvalue weighted by Crippen LogP contribution is 2.17. The summed E-state index contributed by atoms with van der Waals surface area (Å²) in [6.45, 7) is -0.0709. The van der Waals surface area contributed by atoms with Crippen LogP contribution >= 0.6 is 0 Å². The number of methoxy groups -OCH3 is 1. The zero-order chi connectivity index (χ0) is 11.4. The highest BCUT2D eigenvalue weighted by atomic mass is 16.6. The molecule has 2 aromatic rings. The van der Waals surface area contributed by atoms with Crippen molar-refractivity contribution in [1.82, 2.24) is 9.97 Å². The quantitative estimate of drug-likeness (QED) is 0.572. The Labute approximate surface area is 92.0 Å². The zero-order valence-corrected chi connectivity index (χ0v) is 8.71. The first-order chi connectivity index (χ1) is 7.79. The first kappa shape index (κ1) is 10.5. The third-order valence-electron chi connectivity index (χ3n) is 1.93. The number of carbonyl (C=O) groups is 1. The Morgan fingerprint density at radius 1 is 1.25 bits per heavy atom. The molecule has 0 unspecified atom stereocenters. The third-order valence-corrected chi connectivity index (χ3v) is 1.93. The van der Waals surface area contributed by atoms with Gasteiger partial charge in [0.15, 0.2) is 0 Å². The van der Waals surface area contributed by atoms with Gasteiger partial charge in [-0.05, 0) is 12.1 Å². The smallest absolute Gasteiger partial charge is 0.337 e. The van der Waals surface area contributed by atoms with Crippen molar-refractivity contribution in [3.05, 3.63) is 30.6 Å². The molecular weight excluding hydrogens is 208 g/mol. The van der Waals surface area contributed by atoms with E-state index in [-0.39, 0.29) is 6.61 Å². The summed E-state index contributed by atoms with van der Waals surface area (Å²) >= 11 is 0. The van der Waals surface area contributed by atoms with E-state index in [0.717, 1.165) is 5.52 Å². The van der Waals surface area contributed by atoms with Crippen molar-refractivity contribution in [2.24, 2.45) is 0 Å². The molecule has 5 nitrogen and oxygen atoms in total. The Kier molecular flexibility index (Phi) is 3.07. The maximum absolute atomic E-state index is 11.2. The highest BCUT2D eigenvalue weighted by Gasteiger charge is 2.05. The number of benzene rings is 1. The van der Waals surface area contributed by atoms with E-state index in [0.29, 0.717) is 11.3 Å². The van der Waals surface area contributed by atoms with Crippen molar-refractivity contribution in [2.75, 3.05) is 13.7 Å². The van der Waals surface area contributed by atoms with Gasteiger partial charge >= 0.3 is 5.97 Å². The first-order valence-corrected chi connectivity index (χ1v) is 4.70. The van der Waals surface area contributed by atoms with Crippen LogP contribution in [0.15, 0.2) is 30.6 Å². The van der Waals surface area contributed by atoms with Crippen LogP contribution in [-0.4, -0.2) is 29.7 Å². The lowest BCUT2D eigenvalue weighted by Gasteiger charge is -2.03. The standard InChI is InChI=1S/C11H10N2O3/c1-15-7-11(14)16-8-2-3-9-10(6-8)13-5-4-12-9/h2-6H,7H2,1H3. The Balaban J connectivity index is 2.22. The van der Waals surface area contributed by atoms with Crippen LogP contribution in [0.5, 0.6) is 5.75 Å². The Morgan fingerprint density at radius 3 is 2.75 bits per heavy atom. The molecule has 0 fully saturated rings. The van der Waals surface area contributed by atoms with E-state index in [4.69, 9.17) is 4.74 Å². The van der Waals surface area contributed by atoms with Crippen molar-refractivity contribution in [3.8, 4) is 5.75 Å². The lowest BCUT2D eigenvalue weighted by molar-refractivity contribution is -0.138. The normalized spacial score (nSPS) is 10.3. The molecule has 1 aromatic heterocycles. The fourth-order valence-corrected chi connectivity index (χ4v) is 1.29. The van der Waals surface area contributed by atoms with E-state index in [9.17, 15) is 4.79 Å². The second-order valence-corrected chi connectivity index (χ2v) is 3.11. The third kappa shape index (κ3) is 2.32. The monoisotopic (exact) mass is 218 g/mol. The van der Waals surface area contributed by atoms with Gasteiger partial charge in [-0.2, -0.15) is 0 Å². The van der Waals surface area contributed by atoms with Crippen molar-refractivity contribution < 1.29 is 14.3 Å². The summed E-state index contributed by atoms with van der Waals surface area (Å²) in [5.41, 5.74) is 1.44. The van der Waals surface area contributed by atoms with Crippen LogP contribution in [0.3, 0.4) is 0 Å². The van der Waals surface area contributed by atoms with Gasteiger partial charge in [0.25, 0.3) is 0 Å². The number of hydrogen-bond donors (Lipinski definition) is 0. The minimum absolute atomic E-state index is 0.0709. The Morgan fingerprint density at radius 2 is 2.00 bits per heavy atom. The molecule has 16 heavy (non-hydrogen) atoms. The summed E-state index contributed by atoms with van der Waals surface area (Å²) in [6, 6.07) is 5.08. The van der Waals surface area contributed by atoms with E-state index in [1.807, 2.05) is 0 Å². The molecule has 0 atom stereocenters. The average Bonchev–Trinajstić information content (AvgIpc) is 2.29. The molecule has 0 saturated heterocycles. The molecule has 1 aromatic carbocycles. The molecule has 0 bridgehead atoms. The predicted octanol–water partition coefficient (Wildman–Crippen LogP) is 1.18. The summed E-state index contributed by atoms with van der Waals surface area (Å²) in [5, 5.41) is 0. The number of ether oxygens (including phenoxy) is 2. The van der Waals surface area contributed by atoms with Gasteiger partial charge in [0.2, 0.25) is 0 Å². The van der Waals surface area contributed by atoms with Gasteiger partial charge in [-0.25, -0.2) is 4.79 Å². The number of aromatic nitrogens is 2. The SMILES string of the molecule is COCC(=O)Oc1ccc2nccnc2c1. The fourth-order valence-electron chi connectivity index (χ4n) is 1.29. The molecule has 5 heteroatoms. The molecule has 2 rings (SSSR count). The summed E-state index contributed by atoms with van der Waals surface area (Å²) in [6.07, 6.45) is 3.20. The number of rotatable bonds is 3. The minimum Gasteiger partial charge on any atom is -0.425 e. The maximum atomic E-state index is 11.2. The van der Waals surface area contributed by atoms with E-state index < -0.39 is 5.97 Å². The summed E-state index contributed by atoms with van der Waals surface area (Å²) < 4.78 is 9.69. The van der Waals surface area contributed by atoms with Gasteiger partial charge in [-0.3, -0.25) is 9.97 Å². The van der Waals surface area contributed by atoms with Crippen LogP contribution in [0, 0.1) is 0 Å². The molecule has 0 N–H and O–H groups in total. The van der Waals surface area contributed by atoms with Crippen molar-refractivity contribution in [2.45, 2.75) is 0 Å². The molecule has 0 spiro atoms. The van der Waals surface area contributed by atoms with Gasteiger partial charge in [0.05, 0.1) is 11.0 Å². The zero-order valence-electron chi connectivity index (χ0n) is 8.71. The minimum atomic E-state index is -0.439. The summed E-state index contributed by atoms with van der Waals surface area (Å²) in [7, 11) is 1.44. The Bertz CT molecular complexity index is 513. The largest absolute Gasteiger partial charge is 0.425 e. The number of nitrogens with zero attached hydrogens (tertiary/aromatic N) is 2. The highest BCUT2D eigenvalue weighted by molar-refractivity contribution is 5.78. The van der Waals surface area contributed by atoms with Crippen LogP contribution in [-0.2, 0) is 9.53 Å². The molecule has 0 aliphatic rings. The van der Waals surface area contributed by atoms with Crippen LogP contribution < -0.4 is 4.74 Å². The lowest BCUT2D eigenvalue weighted by Crippen LogP contribution is -2.14. The number of esters is 1. The molecule has 0 saturated carbocycles. The molecule has 0 radical (unpaired) electrons. The molecule has 0 aliphatic carbocycles. The van der Waals surface area contributed by atoms with Gasteiger partial charge in [-0.15, -0.1) is 0 Å². The second-order valence-electron chi connectivity index (χ2n) is 3.11. The summed E-state index contributed by atoms with van der Waals surface area (Å²) in [5.74, 6) is 0.000732. The number of carbonyl (C=O) groups excluding carboxylic acids is 1. The molecule has 0 aliphatic heterocycles. The topological polar surface area (TPSA) is 61.3 Å². The van der Waals surface area contributed by atoms with Crippen LogP contribution in [0.4, 0.5) is 0 Å². The van der Waals surface area contributed by atoms with Gasteiger partial charge in [-0.1, -0.05) is 0 Å². The number of hydrogen-bond acceptors (Lipinski definition) is 5. The van der Waals surface area contributed by atoms with Crippen molar-refractivity contribution >= 4 is 17.0 Å². The van der Waals surface area contributed by atoms with E-state index in [1.54, 1.807) is 30.6 Å². The van der Waals surface area contributed by atoms with Crippen LogP contribution in [0.2, 0.25) is 0 Å². The first-order valence-electron chi connectivity index (χ1n) is 4.70. The van der Waals surface area contributed by atoms with Crippen LogP contribution in [0.1, 0.15) is 0 Å².